The van der Waals surface area contributed by atoms with Gasteiger partial charge in [-0.15, -0.1) is 0 Å². The molecule has 0 bridgehead atoms. The van der Waals surface area contributed by atoms with Gasteiger partial charge in [-0.05, 0) is 94.3 Å². The third kappa shape index (κ3) is 2.23. The molecule has 1 unspecified atom stereocenters. The Morgan fingerprint density at radius 2 is 1.71 bits per heavy atom. The minimum absolute atomic E-state index is 0.0349. The van der Waals surface area contributed by atoms with Crippen LogP contribution in [0.2, 0.25) is 0 Å². The summed E-state index contributed by atoms with van der Waals surface area (Å²) in [5.41, 5.74) is 0.958. The van der Waals surface area contributed by atoms with E-state index in [0.29, 0.717) is 22.8 Å². The molecular weight excluding hydrogens is 294 g/mol. The number of carbonyl (C=O) groups excluding carboxylic acids is 1. The van der Waals surface area contributed by atoms with Crippen LogP contribution in [0.1, 0.15) is 92.4 Å². The first-order valence-electron chi connectivity index (χ1n) is 10.5. The molecule has 2 heteroatoms. The van der Waals surface area contributed by atoms with Gasteiger partial charge in [-0.3, -0.25) is 4.79 Å². The van der Waals surface area contributed by atoms with Crippen molar-refractivity contribution in [1.82, 2.24) is 4.90 Å². The monoisotopic (exact) mass is 331 g/mol. The number of carbonyl (C=O) groups is 1. The number of rotatable bonds is 0. The molecule has 3 saturated carbocycles. The van der Waals surface area contributed by atoms with E-state index < -0.39 is 0 Å². The molecule has 136 valence electrons. The van der Waals surface area contributed by atoms with Crippen LogP contribution in [0.3, 0.4) is 0 Å². The maximum atomic E-state index is 12.8. The van der Waals surface area contributed by atoms with Crippen LogP contribution in [0.25, 0.3) is 0 Å². The maximum Gasteiger partial charge on any atom is 0.223 e. The largest absolute Gasteiger partial charge is 0.334 e. The maximum absolute atomic E-state index is 12.8. The molecular formula is C22H37NO. The molecule has 0 spiro atoms. The van der Waals surface area contributed by atoms with Gasteiger partial charge in [0.1, 0.15) is 0 Å². The van der Waals surface area contributed by atoms with Crippen molar-refractivity contribution in [2.75, 3.05) is 0 Å². The van der Waals surface area contributed by atoms with Gasteiger partial charge in [0.25, 0.3) is 0 Å². The average molecular weight is 332 g/mol. The molecule has 4 rings (SSSR count). The summed E-state index contributed by atoms with van der Waals surface area (Å²) in [6.07, 6.45) is 11.8. The van der Waals surface area contributed by atoms with E-state index in [1.807, 2.05) is 0 Å². The van der Waals surface area contributed by atoms with Crippen LogP contribution < -0.4 is 0 Å². The Hall–Kier alpha value is -0.530. The fourth-order valence-electron chi connectivity index (χ4n) is 7.72. The highest BCUT2D eigenvalue weighted by molar-refractivity contribution is 5.78. The summed E-state index contributed by atoms with van der Waals surface area (Å²) < 4.78 is 0. The van der Waals surface area contributed by atoms with Gasteiger partial charge in [-0.1, -0.05) is 20.3 Å². The van der Waals surface area contributed by atoms with Crippen molar-refractivity contribution in [1.29, 1.82) is 0 Å². The van der Waals surface area contributed by atoms with Gasteiger partial charge in [0.05, 0.1) is 0 Å². The summed E-state index contributed by atoms with van der Waals surface area (Å²) in [5.74, 6) is 3.16. The summed E-state index contributed by atoms with van der Waals surface area (Å²) in [6, 6.07) is 0.478. The second kappa shape index (κ2) is 5.24. The molecule has 1 aliphatic heterocycles. The SMILES string of the molecule is CC(C)(C)N1C(=O)CC[C@@]2(C)C1CC[C@H]1[C@@H]3CCC[C@@]3(C)CC[C@@H]12. The second-order valence-electron chi connectivity index (χ2n) is 11.0. The van der Waals surface area contributed by atoms with Crippen LogP contribution in [0.4, 0.5) is 0 Å². The summed E-state index contributed by atoms with van der Waals surface area (Å²) in [6.45, 7) is 11.8. The lowest BCUT2D eigenvalue weighted by Gasteiger charge is -2.63. The quantitative estimate of drug-likeness (QED) is 0.581. The van der Waals surface area contributed by atoms with Gasteiger partial charge < -0.3 is 4.90 Å². The fraction of sp³-hybridized carbons (Fsp3) is 0.955. The van der Waals surface area contributed by atoms with Crippen molar-refractivity contribution in [2.24, 2.45) is 28.6 Å². The number of nitrogens with zero attached hydrogens (tertiary/aromatic N) is 1. The highest BCUT2D eigenvalue weighted by Crippen LogP contribution is 2.65. The third-order valence-corrected chi connectivity index (χ3v) is 8.78. The number of hydrogen-bond donors (Lipinski definition) is 0. The van der Waals surface area contributed by atoms with Gasteiger partial charge in [0.15, 0.2) is 0 Å². The molecule has 4 aliphatic rings. The zero-order valence-electron chi connectivity index (χ0n) is 16.5. The second-order valence-corrected chi connectivity index (χ2v) is 11.0. The summed E-state index contributed by atoms with van der Waals surface area (Å²) in [4.78, 5) is 15.1. The van der Waals surface area contributed by atoms with Crippen LogP contribution in [0.5, 0.6) is 0 Å². The number of fused-ring (bicyclic) bond motifs is 5. The van der Waals surface area contributed by atoms with E-state index in [-0.39, 0.29) is 5.54 Å². The molecule has 0 N–H and O–H groups in total. The van der Waals surface area contributed by atoms with Gasteiger partial charge in [0, 0.05) is 18.0 Å². The van der Waals surface area contributed by atoms with Crippen molar-refractivity contribution in [2.45, 2.75) is 104 Å². The smallest absolute Gasteiger partial charge is 0.223 e. The number of amides is 1. The Bertz CT molecular complexity index is 535. The molecule has 6 atom stereocenters. The Balaban J connectivity index is 1.67. The van der Waals surface area contributed by atoms with Crippen LogP contribution in [-0.2, 0) is 4.79 Å². The molecule has 0 radical (unpaired) electrons. The van der Waals surface area contributed by atoms with Gasteiger partial charge in [0.2, 0.25) is 5.91 Å². The molecule has 4 fully saturated rings. The van der Waals surface area contributed by atoms with Gasteiger partial charge in [-0.25, -0.2) is 0 Å². The van der Waals surface area contributed by atoms with Gasteiger partial charge >= 0.3 is 0 Å². The Morgan fingerprint density at radius 1 is 0.958 bits per heavy atom. The molecule has 2 nitrogen and oxygen atoms in total. The number of piperidine rings is 1. The predicted molar refractivity (Wildman–Crippen MR) is 98.6 cm³/mol. The van der Waals surface area contributed by atoms with E-state index in [4.69, 9.17) is 0 Å². The standard InChI is InChI=1S/C22H37NO/c1-20(2,3)23-18-9-8-15-16-7-6-12-21(16,4)13-10-17(15)22(18,5)14-11-19(23)24/h15-18H,6-14H2,1-5H3/t15-,16-,17-,18?,21-,22+/m0/s1. The highest BCUT2D eigenvalue weighted by atomic mass is 16.2. The number of likely N-dealkylation sites (tertiary alicyclic amines) is 1. The first-order chi connectivity index (χ1) is 11.2. The lowest BCUT2D eigenvalue weighted by Crippen LogP contribution is -2.65. The zero-order valence-corrected chi connectivity index (χ0v) is 16.5. The van der Waals surface area contributed by atoms with Crippen LogP contribution in [0.15, 0.2) is 0 Å². The fourth-order valence-corrected chi connectivity index (χ4v) is 7.72. The lowest BCUT2D eigenvalue weighted by atomic mass is 9.47. The molecule has 0 aromatic carbocycles. The van der Waals surface area contributed by atoms with E-state index in [9.17, 15) is 4.79 Å². The third-order valence-electron chi connectivity index (χ3n) is 8.78. The molecule has 1 heterocycles. The highest BCUT2D eigenvalue weighted by Gasteiger charge is 2.60. The van der Waals surface area contributed by atoms with Crippen molar-refractivity contribution < 1.29 is 4.79 Å². The van der Waals surface area contributed by atoms with Crippen molar-refractivity contribution in [3.05, 3.63) is 0 Å². The minimum Gasteiger partial charge on any atom is -0.334 e. The molecule has 1 saturated heterocycles. The van der Waals surface area contributed by atoms with Crippen LogP contribution in [0, 0.1) is 28.6 Å². The predicted octanol–water partition coefficient (Wildman–Crippen LogP) is 5.41. The number of hydrogen-bond acceptors (Lipinski definition) is 1. The molecule has 3 aliphatic carbocycles. The van der Waals surface area contributed by atoms with Crippen LogP contribution in [-0.4, -0.2) is 22.4 Å². The Morgan fingerprint density at radius 3 is 2.42 bits per heavy atom. The van der Waals surface area contributed by atoms with Gasteiger partial charge in [-0.2, -0.15) is 0 Å². The molecule has 0 aromatic rings. The first kappa shape index (κ1) is 16.9. The van der Waals surface area contributed by atoms with E-state index in [1.54, 1.807) is 0 Å². The van der Waals surface area contributed by atoms with E-state index in [0.717, 1.165) is 30.6 Å². The Kier molecular flexibility index (Phi) is 3.69. The van der Waals surface area contributed by atoms with Crippen LogP contribution >= 0.6 is 0 Å². The Labute approximate surface area is 148 Å². The van der Waals surface area contributed by atoms with E-state index in [2.05, 4.69) is 39.5 Å². The summed E-state index contributed by atoms with van der Waals surface area (Å²) >= 11 is 0. The topological polar surface area (TPSA) is 20.3 Å². The summed E-state index contributed by atoms with van der Waals surface area (Å²) in [7, 11) is 0. The molecule has 0 aromatic heterocycles. The van der Waals surface area contributed by atoms with Crippen molar-refractivity contribution >= 4 is 5.91 Å². The average Bonchev–Trinajstić information content (AvgIpc) is 2.88. The minimum atomic E-state index is -0.0349. The molecule has 24 heavy (non-hydrogen) atoms. The lowest BCUT2D eigenvalue weighted by molar-refractivity contribution is -0.171. The first-order valence-corrected chi connectivity index (χ1v) is 10.5. The summed E-state index contributed by atoms with van der Waals surface area (Å²) in [5, 5.41) is 0. The zero-order chi connectivity index (χ0) is 17.3. The normalized spacial score (nSPS) is 48.7. The van der Waals surface area contributed by atoms with E-state index >= 15 is 0 Å². The van der Waals surface area contributed by atoms with E-state index in [1.165, 1.54) is 44.9 Å². The van der Waals surface area contributed by atoms with Crippen molar-refractivity contribution in [3.63, 3.8) is 0 Å². The molecule has 1 amide bonds. The van der Waals surface area contributed by atoms with Crippen molar-refractivity contribution in [3.8, 4) is 0 Å².